The van der Waals surface area contributed by atoms with Gasteiger partial charge in [0.1, 0.15) is 11.8 Å². The Balaban J connectivity index is 1.68. The maximum absolute atomic E-state index is 13.6. The van der Waals surface area contributed by atoms with E-state index < -0.39 is 6.04 Å². The molecule has 1 atom stereocenters. The number of nitrogens with zero attached hydrogens (tertiary/aromatic N) is 5. The molecule has 0 fully saturated rings. The van der Waals surface area contributed by atoms with E-state index in [-0.39, 0.29) is 5.56 Å². The topological polar surface area (TPSA) is 98.2 Å². The summed E-state index contributed by atoms with van der Waals surface area (Å²) in [6, 6.07) is 21.3. The van der Waals surface area contributed by atoms with Crippen LogP contribution in [0, 0.1) is 0 Å². The third-order valence-electron chi connectivity index (χ3n) is 6.22. The van der Waals surface area contributed by atoms with Gasteiger partial charge in [-0.2, -0.15) is 0 Å². The van der Waals surface area contributed by atoms with Gasteiger partial charge in [-0.05, 0) is 51.7 Å². The zero-order valence-electron chi connectivity index (χ0n) is 20.7. The summed E-state index contributed by atoms with van der Waals surface area (Å²) in [6.07, 6.45) is 0. The number of benzene rings is 2. The van der Waals surface area contributed by atoms with Crippen LogP contribution in [0.4, 0.5) is 0 Å². The molecule has 0 amide bonds. The maximum atomic E-state index is 13.6. The highest BCUT2D eigenvalue weighted by molar-refractivity contribution is 7.09. The second-order valence-electron chi connectivity index (χ2n) is 8.63. The molecule has 0 unspecified atom stereocenters. The Kier molecular flexibility index (Phi) is 7.69. The average Bonchev–Trinajstić information content (AvgIpc) is 3.60. The number of pyridine rings is 1. The Morgan fingerprint density at radius 1 is 1.05 bits per heavy atom. The van der Waals surface area contributed by atoms with E-state index in [9.17, 15) is 4.79 Å². The molecule has 190 valence electrons. The summed E-state index contributed by atoms with van der Waals surface area (Å²) in [6.45, 7) is 2.12. The molecule has 1 N–H and O–H groups in total. The molecular weight excluding hydrogens is 488 g/mol. The predicted octanol–water partition coefficient (Wildman–Crippen LogP) is 4.02. The van der Waals surface area contributed by atoms with Gasteiger partial charge in [-0.25, -0.2) is 4.68 Å². The summed E-state index contributed by atoms with van der Waals surface area (Å²) in [5, 5.41) is 15.6. The lowest BCUT2D eigenvalue weighted by Crippen LogP contribution is -2.35. The van der Waals surface area contributed by atoms with Crippen molar-refractivity contribution in [1.29, 1.82) is 0 Å². The van der Waals surface area contributed by atoms with Gasteiger partial charge in [-0.1, -0.05) is 36.4 Å². The van der Waals surface area contributed by atoms with Crippen molar-refractivity contribution in [3.8, 4) is 5.75 Å². The highest BCUT2D eigenvalue weighted by atomic mass is 32.1. The molecule has 0 saturated heterocycles. The zero-order valence-corrected chi connectivity index (χ0v) is 21.5. The fourth-order valence-corrected chi connectivity index (χ4v) is 5.16. The first-order valence-corrected chi connectivity index (χ1v) is 12.8. The van der Waals surface area contributed by atoms with E-state index in [4.69, 9.17) is 9.47 Å². The lowest BCUT2D eigenvalue weighted by atomic mass is 10.0. The van der Waals surface area contributed by atoms with Gasteiger partial charge < -0.3 is 14.5 Å². The first-order chi connectivity index (χ1) is 18.2. The van der Waals surface area contributed by atoms with Crippen molar-refractivity contribution in [1.82, 2.24) is 30.1 Å². The van der Waals surface area contributed by atoms with Crippen molar-refractivity contribution in [2.45, 2.75) is 25.7 Å². The number of fused-ring (bicyclic) bond motifs is 1. The van der Waals surface area contributed by atoms with Gasteiger partial charge in [-0.3, -0.25) is 9.69 Å². The van der Waals surface area contributed by atoms with E-state index in [0.29, 0.717) is 43.4 Å². The second kappa shape index (κ2) is 11.5. The number of aromatic nitrogens is 5. The number of aromatic amines is 1. The molecule has 0 saturated carbocycles. The van der Waals surface area contributed by atoms with Crippen LogP contribution in [0.15, 0.2) is 76.9 Å². The van der Waals surface area contributed by atoms with Crippen LogP contribution in [0.3, 0.4) is 0 Å². The van der Waals surface area contributed by atoms with Crippen molar-refractivity contribution in [3.05, 3.63) is 104 Å². The fraction of sp³-hybridized carbons (Fsp3) is 0.259. The molecule has 3 aromatic heterocycles. The largest absolute Gasteiger partial charge is 0.497 e. The number of nitrogens with one attached hydrogen (secondary N) is 1. The summed E-state index contributed by atoms with van der Waals surface area (Å²) in [5.41, 5.74) is 2.23. The Labute approximate surface area is 218 Å². The summed E-state index contributed by atoms with van der Waals surface area (Å²) < 4.78 is 12.4. The molecule has 3 heterocycles. The van der Waals surface area contributed by atoms with Crippen LogP contribution >= 0.6 is 11.3 Å². The lowest BCUT2D eigenvalue weighted by Gasteiger charge is -2.30. The first kappa shape index (κ1) is 24.8. The monoisotopic (exact) mass is 516 g/mol. The number of methoxy groups -OCH3 is 2. The SMILES string of the molecule is COCCn1nnnc1[C@@H](c1cc2cc(OC)ccc2[nH]c1=O)N(Cc1ccccc1)Cc1cccs1. The van der Waals surface area contributed by atoms with Crippen LogP contribution in [-0.4, -0.2) is 50.9 Å². The van der Waals surface area contributed by atoms with Crippen molar-refractivity contribution >= 4 is 22.2 Å². The Hall–Kier alpha value is -3.86. The van der Waals surface area contributed by atoms with Crippen LogP contribution in [-0.2, 0) is 24.4 Å². The van der Waals surface area contributed by atoms with Crippen molar-refractivity contribution < 1.29 is 9.47 Å². The molecule has 37 heavy (non-hydrogen) atoms. The van der Waals surface area contributed by atoms with Crippen molar-refractivity contribution in [2.24, 2.45) is 0 Å². The minimum Gasteiger partial charge on any atom is -0.497 e. The van der Waals surface area contributed by atoms with E-state index in [2.05, 4.69) is 49.0 Å². The van der Waals surface area contributed by atoms with E-state index in [1.165, 1.54) is 4.88 Å². The molecule has 0 bridgehead atoms. The van der Waals surface area contributed by atoms with Gasteiger partial charge in [-0.15, -0.1) is 16.4 Å². The van der Waals surface area contributed by atoms with Gasteiger partial charge in [0.15, 0.2) is 5.82 Å². The molecule has 5 rings (SSSR count). The number of hydrogen-bond acceptors (Lipinski definition) is 8. The lowest BCUT2D eigenvalue weighted by molar-refractivity contribution is 0.169. The molecule has 5 aromatic rings. The van der Waals surface area contributed by atoms with Gasteiger partial charge in [0.2, 0.25) is 0 Å². The van der Waals surface area contributed by atoms with E-state index >= 15 is 0 Å². The van der Waals surface area contributed by atoms with E-state index in [0.717, 1.165) is 16.5 Å². The van der Waals surface area contributed by atoms with Gasteiger partial charge >= 0.3 is 0 Å². The highest BCUT2D eigenvalue weighted by Gasteiger charge is 2.31. The molecule has 10 heteroatoms. The van der Waals surface area contributed by atoms with Crippen LogP contribution in [0.1, 0.15) is 27.9 Å². The van der Waals surface area contributed by atoms with Crippen molar-refractivity contribution in [3.63, 3.8) is 0 Å². The number of tetrazole rings is 1. The number of rotatable bonds is 11. The van der Waals surface area contributed by atoms with Gasteiger partial charge in [0, 0.05) is 41.5 Å². The standard InChI is InChI=1S/C27H28N6O3S/c1-35-13-12-33-26(29-30-31-33)25(23-16-20-15-21(36-2)10-11-24(20)28-27(23)34)32(18-22-9-6-14-37-22)17-19-7-4-3-5-8-19/h3-11,14-16,25H,12-13,17-18H2,1-2H3,(H,28,34)/t25-/m1/s1. The average molecular weight is 517 g/mol. The Morgan fingerprint density at radius 3 is 2.68 bits per heavy atom. The normalized spacial score (nSPS) is 12.3. The third-order valence-corrected chi connectivity index (χ3v) is 7.08. The van der Waals surface area contributed by atoms with E-state index in [1.54, 1.807) is 30.2 Å². The molecule has 0 aliphatic carbocycles. The minimum absolute atomic E-state index is 0.187. The summed E-state index contributed by atoms with van der Waals surface area (Å²) >= 11 is 1.68. The minimum atomic E-state index is -0.520. The number of H-pyrrole nitrogens is 1. The zero-order chi connectivity index (χ0) is 25.6. The molecular formula is C27H28N6O3S. The smallest absolute Gasteiger partial charge is 0.253 e. The molecule has 0 aliphatic heterocycles. The Morgan fingerprint density at radius 2 is 1.92 bits per heavy atom. The number of thiophene rings is 1. The highest BCUT2D eigenvalue weighted by Crippen LogP contribution is 2.31. The molecule has 0 spiro atoms. The van der Waals surface area contributed by atoms with E-state index in [1.807, 2.05) is 48.5 Å². The molecule has 0 radical (unpaired) electrons. The fourth-order valence-electron chi connectivity index (χ4n) is 4.43. The number of hydrogen-bond donors (Lipinski definition) is 1. The molecule has 2 aromatic carbocycles. The van der Waals surface area contributed by atoms with Crippen LogP contribution in [0.2, 0.25) is 0 Å². The summed E-state index contributed by atoms with van der Waals surface area (Å²) in [7, 11) is 3.27. The van der Waals surface area contributed by atoms with Crippen LogP contribution in [0.25, 0.3) is 10.9 Å². The molecule has 0 aliphatic rings. The van der Waals surface area contributed by atoms with Gasteiger partial charge in [0.25, 0.3) is 5.56 Å². The predicted molar refractivity (Wildman–Crippen MR) is 143 cm³/mol. The maximum Gasteiger partial charge on any atom is 0.253 e. The van der Waals surface area contributed by atoms with Crippen LogP contribution in [0.5, 0.6) is 5.75 Å². The summed E-state index contributed by atoms with van der Waals surface area (Å²) in [5.74, 6) is 1.30. The summed E-state index contributed by atoms with van der Waals surface area (Å²) in [4.78, 5) is 20.1. The quantitative estimate of drug-likeness (QED) is 0.283. The van der Waals surface area contributed by atoms with Crippen molar-refractivity contribution in [2.75, 3.05) is 20.8 Å². The van der Waals surface area contributed by atoms with Crippen LogP contribution < -0.4 is 10.3 Å². The second-order valence-corrected chi connectivity index (χ2v) is 9.66. The number of ether oxygens (including phenoxy) is 2. The first-order valence-electron chi connectivity index (χ1n) is 11.9. The van der Waals surface area contributed by atoms with Gasteiger partial charge in [0.05, 0.1) is 20.3 Å². The molecule has 9 nitrogen and oxygen atoms in total. The Bertz CT molecular complexity index is 1500. The third kappa shape index (κ3) is 5.61.